The van der Waals surface area contributed by atoms with E-state index in [1.165, 1.54) is 17.3 Å². The highest BCUT2D eigenvalue weighted by Crippen LogP contribution is 2.32. The van der Waals surface area contributed by atoms with Crippen LogP contribution in [0.25, 0.3) is 0 Å². The van der Waals surface area contributed by atoms with Crippen LogP contribution in [0.1, 0.15) is 36.7 Å². The van der Waals surface area contributed by atoms with Crippen LogP contribution in [0, 0.1) is 0 Å². The van der Waals surface area contributed by atoms with Crippen LogP contribution < -0.4 is 10.6 Å². The van der Waals surface area contributed by atoms with E-state index < -0.39 is 0 Å². The SMILES string of the molecule is CC(C)(C)c1ccc(NC(=O)c2ccc3c(c2)NC(=O)CS3)cc1. The van der Waals surface area contributed by atoms with E-state index in [-0.39, 0.29) is 17.2 Å². The Kier molecular flexibility index (Phi) is 4.37. The maximum Gasteiger partial charge on any atom is 0.255 e. The Bertz CT molecular complexity index is 792. The van der Waals surface area contributed by atoms with Crippen LogP contribution in [0.15, 0.2) is 47.4 Å². The van der Waals surface area contributed by atoms with Gasteiger partial charge in [0.2, 0.25) is 5.91 Å². The summed E-state index contributed by atoms with van der Waals surface area (Å²) >= 11 is 1.48. The third kappa shape index (κ3) is 3.62. The maximum atomic E-state index is 12.4. The molecule has 2 N–H and O–H groups in total. The molecule has 2 aromatic rings. The fourth-order valence-electron chi connectivity index (χ4n) is 2.48. The molecule has 0 saturated heterocycles. The number of carbonyl (C=O) groups is 2. The summed E-state index contributed by atoms with van der Waals surface area (Å²) in [7, 11) is 0. The van der Waals surface area contributed by atoms with Gasteiger partial charge in [0.1, 0.15) is 0 Å². The molecule has 3 rings (SSSR count). The van der Waals surface area contributed by atoms with Crippen LogP contribution in [0.5, 0.6) is 0 Å². The van der Waals surface area contributed by atoms with Crippen LogP contribution in [-0.4, -0.2) is 17.6 Å². The number of thioether (sulfide) groups is 1. The minimum atomic E-state index is -0.189. The topological polar surface area (TPSA) is 58.2 Å². The van der Waals surface area contributed by atoms with E-state index in [1.807, 2.05) is 30.3 Å². The monoisotopic (exact) mass is 340 g/mol. The number of fused-ring (bicyclic) bond motifs is 1. The van der Waals surface area contributed by atoms with Crippen molar-refractivity contribution < 1.29 is 9.59 Å². The van der Waals surface area contributed by atoms with Crippen LogP contribution in [-0.2, 0) is 10.2 Å². The summed E-state index contributed by atoms with van der Waals surface area (Å²) in [6.45, 7) is 6.46. The Hall–Kier alpha value is -2.27. The molecule has 1 aliphatic rings. The Morgan fingerprint density at radius 1 is 1.12 bits per heavy atom. The number of carbonyl (C=O) groups excluding carboxylic acids is 2. The summed E-state index contributed by atoms with van der Waals surface area (Å²) < 4.78 is 0. The molecule has 0 aromatic heterocycles. The standard InChI is InChI=1S/C19H20N2O2S/c1-19(2,3)13-5-7-14(8-6-13)20-18(23)12-4-9-16-15(10-12)21-17(22)11-24-16/h4-10H,11H2,1-3H3,(H,20,23)(H,21,22). The number of rotatable bonds is 2. The van der Waals surface area contributed by atoms with E-state index in [1.54, 1.807) is 12.1 Å². The summed E-state index contributed by atoms with van der Waals surface area (Å²) in [4.78, 5) is 24.9. The number of benzene rings is 2. The van der Waals surface area contributed by atoms with Crippen molar-refractivity contribution in [3.05, 3.63) is 53.6 Å². The lowest BCUT2D eigenvalue weighted by molar-refractivity contribution is -0.113. The van der Waals surface area contributed by atoms with Gasteiger partial charge < -0.3 is 10.6 Å². The lowest BCUT2D eigenvalue weighted by Gasteiger charge is -2.19. The fourth-order valence-corrected chi connectivity index (χ4v) is 3.27. The van der Waals surface area contributed by atoms with E-state index >= 15 is 0 Å². The molecule has 1 heterocycles. The average Bonchev–Trinajstić information content (AvgIpc) is 2.53. The number of hydrogen-bond donors (Lipinski definition) is 2. The normalized spacial score (nSPS) is 13.9. The lowest BCUT2D eigenvalue weighted by atomic mass is 9.87. The van der Waals surface area contributed by atoms with Crippen LogP contribution in [0.2, 0.25) is 0 Å². The molecule has 124 valence electrons. The van der Waals surface area contributed by atoms with E-state index in [9.17, 15) is 9.59 Å². The second-order valence-corrected chi connectivity index (χ2v) is 7.85. The molecule has 5 heteroatoms. The van der Waals surface area contributed by atoms with E-state index in [4.69, 9.17) is 0 Å². The zero-order valence-corrected chi connectivity index (χ0v) is 14.8. The van der Waals surface area contributed by atoms with Gasteiger partial charge in [-0.25, -0.2) is 0 Å². The second kappa shape index (κ2) is 6.32. The van der Waals surface area contributed by atoms with Gasteiger partial charge in [-0.05, 0) is 41.3 Å². The van der Waals surface area contributed by atoms with Crippen LogP contribution >= 0.6 is 11.8 Å². The van der Waals surface area contributed by atoms with Gasteiger partial charge in [-0.2, -0.15) is 0 Å². The van der Waals surface area contributed by atoms with Crippen molar-refractivity contribution in [1.29, 1.82) is 0 Å². The summed E-state index contributed by atoms with van der Waals surface area (Å²) in [5, 5.41) is 5.70. The molecule has 24 heavy (non-hydrogen) atoms. The van der Waals surface area contributed by atoms with Gasteiger partial charge in [-0.3, -0.25) is 9.59 Å². The molecule has 0 atom stereocenters. The highest BCUT2D eigenvalue weighted by Gasteiger charge is 2.18. The second-order valence-electron chi connectivity index (χ2n) is 6.83. The minimum absolute atomic E-state index is 0.0390. The summed E-state index contributed by atoms with van der Waals surface area (Å²) in [5.74, 6) is 0.188. The van der Waals surface area contributed by atoms with Crippen molar-refractivity contribution in [3.8, 4) is 0 Å². The average molecular weight is 340 g/mol. The molecule has 0 aliphatic carbocycles. The third-order valence-corrected chi connectivity index (χ3v) is 4.96. The molecule has 2 amide bonds. The Balaban J connectivity index is 1.75. The maximum absolute atomic E-state index is 12.4. The summed E-state index contributed by atoms with van der Waals surface area (Å²) in [5.41, 5.74) is 3.28. The smallest absolute Gasteiger partial charge is 0.255 e. The van der Waals surface area contributed by atoms with Crippen molar-refractivity contribution >= 4 is 35.0 Å². The van der Waals surface area contributed by atoms with Crippen molar-refractivity contribution in [3.63, 3.8) is 0 Å². The number of hydrogen-bond acceptors (Lipinski definition) is 3. The zero-order chi connectivity index (χ0) is 17.3. The number of amides is 2. The molecule has 0 spiro atoms. The van der Waals surface area contributed by atoms with E-state index in [0.717, 1.165) is 10.6 Å². The first-order valence-electron chi connectivity index (χ1n) is 7.81. The predicted molar refractivity (Wildman–Crippen MR) is 98.9 cm³/mol. The zero-order valence-electron chi connectivity index (χ0n) is 14.0. The Morgan fingerprint density at radius 3 is 2.50 bits per heavy atom. The van der Waals surface area contributed by atoms with Crippen molar-refractivity contribution in [1.82, 2.24) is 0 Å². The fraction of sp³-hybridized carbons (Fsp3) is 0.263. The van der Waals surface area contributed by atoms with E-state index in [2.05, 4.69) is 31.4 Å². The molecular formula is C19H20N2O2S. The Labute approximate surface area is 146 Å². The molecule has 2 aromatic carbocycles. The minimum Gasteiger partial charge on any atom is -0.324 e. The van der Waals surface area contributed by atoms with Gasteiger partial charge in [0, 0.05) is 16.1 Å². The molecule has 4 nitrogen and oxygen atoms in total. The number of anilines is 2. The molecule has 0 fully saturated rings. The first-order valence-corrected chi connectivity index (χ1v) is 8.80. The summed E-state index contributed by atoms with van der Waals surface area (Å²) in [6.07, 6.45) is 0. The Morgan fingerprint density at radius 2 is 1.83 bits per heavy atom. The molecule has 0 saturated carbocycles. The van der Waals surface area contributed by atoms with Gasteiger partial charge in [-0.15, -0.1) is 11.8 Å². The largest absolute Gasteiger partial charge is 0.324 e. The summed E-state index contributed by atoms with van der Waals surface area (Å²) in [6, 6.07) is 13.2. The highest BCUT2D eigenvalue weighted by molar-refractivity contribution is 8.00. The number of nitrogens with one attached hydrogen (secondary N) is 2. The van der Waals surface area contributed by atoms with Gasteiger partial charge in [-0.1, -0.05) is 32.9 Å². The van der Waals surface area contributed by atoms with E-state index in [0.29, 0.717) is 17.0 Å². The van der Waals surface area contributed by atoms with Crippen LogP contribution in [0.3, 0.4) is 0 Å². The molecule has 1 aliphatic heterocycles. The van der Waals surface area contributed by atoms with Crippen LogP contribution in [0.4, 0.5) is 11.4 Å². The van der Waals surface area contributed by atoms with Crippen molar-refractivity contribution in [2.24, 2.45) is 0 Å². The quantitative estimate of drug-likeness (QED) is 0.858. The first kappa shape index (κ1) is 16.6. The van der Waals surface area contributed by atoms with Gasteiger partial charge in [0.25, 0.3) is 5.91 Å². The highest BCUT2D eigenvalue weighted by atomic mass is 32.2. The van der Waals surface area contributed by atoms with Crippen molar-refractivity contribution in [2.45, 2.75) is 31.1 Å². The van der Waals surface area contributed by atoms with Gasteiger partial charge >= 0.3 is 0 Å². The van der Waals surface area contributed by atoms with Gasteiger partial charge in [0.05, 0.1) is 11.4 Å². The third-order valence-electron chi connectivity index (χ3n) is 3.88. The molecule has 0 unspecified atom stereocenters. The van der Waals surface area contributed by atoms with Gasteiger partial charge in [0.15, 0.2) is 0 Å². The molecule has 0 bridgehead atoms. The molecular weight excluding hydrogens is 320 g/mol. The predicted octanol–water partition coefficient (Wildman–Crippen LogP) is 4.28. The molecule has 0 radical (unpaired) electrons. The first-order chi connectivity index (χ1) is 11.3. The van der Waals surface area contributed by atoms with Crippen molar-refractivity contribution in [2.75, 3.05) is 16.4 Å². The lowest BCUT2D eigenvalue weighted by Crippen LogP contribution is -2.20.